The predicted molar refractivity (Wildman–Crippen MR) is 57.9 cm³/mol. The number of morpholine rings is 1. The number of likely N-dealkylation sites (N-methyl/N-ethyl adjacent to an activating group) is 1. The minimum Gasteiger partial charge on any atom is -0.461 e. The quantitative estimate of drug-likeness (QED) is 0.675. The fourth-order valence-corrected chi connectivity index (χ4v) is 1.49. The lowest BCUT2D eigenvalue weighted by molar-refractivity contribution is -0.157. The van der Waals surface area contributed by atoms with Gasteiger partial charge in [-0.15, -0.1) is 0 Å². The maximum atomic E-state index is 13.2. The van der Waals surface area contributed by atoms with Gasteiger partial charge < -0.3 is 14.4 Å². The van der Waals surface area contributed by atoms with E-state index in [0.717, 1.165) is 6.54 Å². The number of esters is 1. The smallest absolute Gasteiger partial charge is 0.341 e. The van der Waals surface area contributed by atoms with Crippen LogP contribution < -0.4 is 0 Å². The largest absolute Gasteiger partial charge is 0.461 e. The van der Waals surface area contributed by atoms with Gasteiger partial charge in [0.1, 0.15) is 12.7 Å². The van der Waals surface area contributed by atoms with E-state index in [4.69, 9.17) is 9.47 Å². The molecule has 0 N–H and O–H groups in total. The normalized spacial score (nSPS) is 24.4. The Hall–Kier alpha value is -0.680. The molecule has 94 valence electrons. The second kappa shape index (κ2) is 6.15. The van der Waals surface area contributed by atoms with Crippen LogP contribution in [0.5, 0.6) is 0 Å². The first-order valence-electron chi connectivity index (χ1n) is 5.61. The Morgan fingerprint density at radius 2 is 2.31 bits per heavy atom. The highest BCUT2D eigenvalue weighted by molar-refractivity contribution is 5.74. The van der Waals surface area contributed by atoms with Gasteiger partial charge >= 0.3 is 5.97 Å². The number of nitrogens with zero attached hydrogens (tertiary/aromatic N) is 1. The van der Waals surface area contributed by atoms with E-state index in [0.29, 0.717) is 13.2 Å². The lowest BCUT2D eigenvalue weighted by atomic mass is 10.1. The molecule has 0 aromatic heterocycles. The Morgan fingerprint density at radius 1 is 1.62 bits per heavy atom. The number of halogens is 1. The molecule has 1 aliphatic heterocycles. The van der Waals surface area contributed by atoms with Crippen LogP contribution in [0.2, 0.25) is 0 Å². The minimum atomic E-state index is -1.54. The summed E-state index contributed by atoms with van der Waals surface area (Å²) < 4.78 is 23.5. The molecule has 1 heterocycles. The summed E-state index contributed by atoms with van der Waals surface area (Å²) in [6.07, 6.45) is -1.68. The number of carbonyl (C=O) groups is 1. The summed E-state index contributed by atoms with van der Waals surface area (Å²) in [5, 5.41) is 0. The molecule has 0 aliphatic carbocycles. The minimum absolute atomic E-state index is 0.135. The fourth-order valence-electron chi connectivity index (χ4n) is 1.49. The molecule has 2 atom stereocenters. The Bertz CT molecular complexity index is 235. The first-order valence-corrected chi connectivity index (χ1v) is 5.61. The van der Waals surface area contributed by atoms with Crippen LogP contribution in [-0.2, 0) is 14.3 Å². The number of hydrogen-bond donors (Lipinski definition) is 0. The van der Waals surface area contributed by atoms with Crippen LogP contribution in [0.1, 0.15) is 13.8 Å². The summed E-state index contributed by atoms with van der Waals surface area (Å²) in [6, 6.07) is 0. The first-order chi connectivity index (χ1) is 7.50. The van der Waals surface area contributed by atoms with Crippen molar-refractivity contribution in [3.05, 3.63) is 0 Å². The zero-order valence-electron chi connectivity index (χ0n) is 10.1. The fraction of sp³-hybridized carbons (Fsp3) is 0.909. The number of carbonyl (C=O) groups excluding carboxylic acids is 1. The van der Waals surface area contributed by atoms with Gasteiger partial charge in [0.2, 0.25) is 0 Å². The molecule has 1 aliphatic rings. The van der Waals surface area contributed by atoms with Crippen LogP contribution in [0.3, 0.4) is 0 Å². The van der Waals surface area contributed by atoms with Crippen LogP contribution in [0.4, 0.5) is 4.39 Å². The van der Waals surface area contributed by atoms with Crippen LogP contribution in [0.15, 0.2) is 0 Å². The SMILES string of the molecule is CC(C)[C@H](F)C(=O)OCC1CN(C)CCO1. The van der Waals surface area contributed by atoms with Gasteiger partial charge in [-0.2, -0.15) is 0 Å². The van der Waals surface area contributed by atoms with Gasteiger partial charge in [0.25, 0.3) is 0 Å². The zero-order chi connectivity index (χ0) is 12.1. The van der Waals surface area contributed by atoms with Crippen molar-refractivity contribution in [2.75, 3.05) is 33.4 Å². The van der Waals surface area contributed by atoms with Crippen molar-refractivity contribution in [3.8, 4) is 0 Å². The van der Waals surface area contributed by atoms with E-state index in [1.807, 2.05) is 7.05 Å². The van der Waals surface area contributed by atoms with Crippen molar-refractivity contribution >= 4 is 5.97 Å². The molecule has 0 radical (unpaired) electrons. The second-order valence-corrected chi connectivity index (χ2v) is 4.53. The lowest BCUT2D eigenvalue weighted by Gasteiger charge is -2.29. The number of rotatable bonds is 4. The molecule has 4 nitrogen and oxygen atoms in total. The average Bonchev–Trinajstić information content (AvgIpc) is 2.24. The standard InChI is InChI=1S/C11H20FNO3/c1-8(2)10(12)11(14)16-7-9-6-13(3)4-5-15-9/h8-10H,4-7H2,1-3H3/t9?,10-/m0/s1. The van der Waals surface area contributed by atoms with E-state index in [1.54, 1.807) is 13.8 Å². The Labute approximate surface area is 95.7 Å². The molecule has 0 amide bonds. The first kappa shape index (κ1) is 13.4. The Morgan fingerprint density at radius 3 is 2.88 bits per heavy atom. The summed E-state index contributed by atoms with van der Waals surface area (Å²) in [4.78, 5) is 13.3. The third kappa shape index (κ3) is 4.06. The highest BCUT2D eigenvalue weighted by Gasteiger charge is 2.25. The van der Waals surface area contributed by atoms with E-state index < -0.39 is 12.1 Å². The molecule has 0 aromatic carbocycles. The van der Waals surface area contributed by atoms with Crippen molar-refractivity contribution in [3.63, 3.8) is 0 Å². The van der Waals surface area contributed by atoms with Crippen molar-refractivity contribution in [2.24, 2.45) is 5.92 Å². The zero-order valence-corrected chi connectivity index (χ0v) is 10.1. The summed E-state index contributed by atoms with van der Waals surface area (Å²) in [6.45, 7) is 5.65. The van der Waals surface area contributed by atoms with Gasteiger partial charge in [-0.3, -0.25) is 0 Å². The molecule has 1 saturated heterocycles. The van der Waals surface area contributed by atoms with Crippen molar-refractivity contribution in [1.82, 2.24) is 4.90 Å². The summed E-state index contributed by atoms with van der Waals surface area (Å²) in [7, 11) is 1.98. The van der Waals surface area contributed by atoms with Crippen molar-refractivity contribution < 1.29 is 18.7 Å². The van der Waals surface area contributed by atoms with Crippen LogP contribution in [0, 0.1) is 5.92 Å². The van der Waals surface area contributed by atoms with Gasteiger partial charge in [-0.05, 0) is 13.0 Å². The number of alkyl halides is 1. The van der Waals surface area contributed by atoms with Crippen molar-refractivity contribution in [1.29, 1.82) is 0 Å². The molecule has 0 aromatic rings. The average molecular weight is 233 g/mol. The number of hydrogen-bond acceptors (Lipinski definition) is 4. The maximum Gasteiger partial charge on any atom is 0.341 e. The number of ether oxygens (including phenoxy) is 2. The molecule has 0 spiro atoms. The van der Waals surface area contributed by atoms with E-state index in [9.17, 15) is 9.18 Å². The van der Waals surface area contributed by atoms with E-state index in [1.165, 1.54) is 0 Å². The Balaban J connectivity index is 2.25. The van der Waals surface area contributed by atoms with E-state index >= 15 is 0 Å². The van der Waals surface area contributed by atoms with Gasteiger partial charge in [0, 0.05) is 13.1 Å². The third-order valence-electron chi connectivity index (χ3n) is 2.56. The summed E-state index contributed by atoms with van der Waals surface area (Å²) >= 11 is 0. The lowest BCUT2D eigenvalue weighted by Crippen LogP contribution is -2.43. The molecular formula is C11H20FNO3. The van der Waals surface area contributed by atoms with Gasteiger partial charge in [-0.1, -0.05) is 13.8 Å². The maximum absolute atomic E-state index is 13.2. The van der Waals surface area contributed by atoms with Gasteiger partial charge in [0.05, 0.1) is 6.61 Å². The monoisotopic (exact) mass is 233 g/mol. The molecule has 1 rings (SSSR count). The molecule has 1 unspecified atom stereocenters. The molecule has 16 heavy (non-hydrogen) atoms. The third-order valence-corrected chi connectivity index (χ3v) is 2.56. The van der Waals surface area contributed by atoms with Crippen LogP contribution >= 0.6 is 0 Å². The molecule has 0 saturated carbocycles. The Kier molecular flexibility index (Phi) is 5.15. The molecular weight excluding hydrogens is 213 g/mol. The molecule has 5 heteroatoms. The van der Waals surface area contributed by atoms with Crippen LogP contribution in [0.25, 0.3) is 0 Å². The van der Waals surface area contributed by atoms with Crippen LogP contribution in [-0.4, -0.2) is 56.5 Å². The van der Waals surface area contributed by atoms with Gasteiger partial charge in [0.15, 0.2) is 6.17 Å². The predicted octanol–water partition coefficient (Wildman–Crippen LogP) is 0.854. The molecule has 1 fully saturated rings. The topological polar surface area (TPSA) is 38.8 Å². The summed E-state index contributed by atoms with van der Waals surface area (Å²) in [5.74, 6) is -1.13. The van der Waals surface area contributed by atoms with E-state index in [-0.39, 0.29) is 18.6 Å². The van der Waals surface area contributed by atoms with E-state index in [2.05, 4.69) is 4.90 Å². The highest BCUT2D eigenvalue weighted by Crippen LogP contribution is 2.09. The van der Waals surface area contributed by atoms with Crippen molar-refractivity contribution in [2.45, 2.75) is 26.1 Å². The highest BCUT2D eigenvalue weighted by atomic mass is 19.1. The van der Waals surface area contributed by atoms with Gasteiger partial charge in [-0.25, -0.2) is 9.18 Å². The second-order valence-electron chi connectivity index (χ2n) is 4.53. The summed E-state index contributed by atoms with van der Waals surface area (Å²) in [5.41, 5.74) is 0. The molecule has 0 bridgehead atoms.